The lowest BCUT2D eigenvalue weighted by molar-refractivity contribution is -0.126. The molecule has 1 fully saturated rings. The Hall–Kier alpha value is -1.13. The van der Waals surface area contributed by atoms with Crippen LogP contribution in [-0.2, 0) is 10.2 Å². The lowest BCUT2D eigenvalue weighted by atomic mass is 9.78. The van der Waals surface area contributed by atoms with Crippen LogP contribution in [0.4, 0.5) is 4.39 Å². The van der Waals surface area contributed by atoms with Gasteiger partial charge in [0, 0.05) is 6.54 Å². The van der Waals surface area contributed by atoms with Gasteiger partial charge in [-0.3, -0.25) is 4.79 Å². The highest BCUT2D eigenvalue weighted by Gasteiger charge is 2.42. The minimum atomic E-state index is -0.484. The molecule has 1 aromatic carbocycles. The lowest BCUT2D eigenvalue weighted by Crippen LogP contribution is -2.44. The zero-order valence-electron chi connectivity index (χ0n) is 12.4. The van der Waals surface area contributed by atoms with E-state index in [1.807, 2.05) is 6.92 Å². The van der Waals surface area contributed by atoms with E-state index in [0.717, 1.165) is 31.2 Å². The van der Waals surface area contributed by atoms with Gasteiger partial charge in [-0.2, -0.15) is 0 Å². The number of benzene rings is 1. The van der Waals surface area contributed by atoms with E-state index in [9.17, 15) is 9.18 Å². The molecule has 1 unspecified atom stereocenters. The zero-order chi connectivity index (χ0) is 14.6. The van der Waals surface area contributed by atoms with Crippen molar-refractivity contribution in [1.29, 1.82) is 0 Å². The number of nitrogens with two attached hydrogens (primary N) is 1. The van der Waals surface area contributed by atoms with Crippen molar-refractivity contribution in [2.24, 2.45) is 11.7 Å². The summed E-state index contributed by atoms with van der Waals surface area (Å²) in [5.74, 6) is 0.0617. The summed E-state index contributed by atoms with van der Waals surface area (Å²) in [5, 5.41) is 3.02. The third-order valence-corrected chi connectivity index (χ3v) is 4.30. The monoisotopic (exact) mass is 314 g/mol. The van der Waals surface area contributed by atoms with E-state index in [0.29, 0.717) is 13.1 Å². The SMILES string of the molecule is CC(CN)CNC(=O)C1(c2ccc(F)cc2)CCCC1.Cl. The molecule has 0 radical (unpaired) electrons. The maximum atomic E-state index is 13.1. The molecule has 0 saturated heterocycles. The fourth-order valence-corrected chi connectivity index (χ4v) is 2.91. The summed E-state index contributed by atoms with van der Waals surface area (Å²) in [6.07, 6.45) is 3.75. The molecule has 3 nitrogen and oxygen atoms in total. The fraction of sp³-hybridized carbons (Fsp3) is 0.562. The summed E-state index contributed by atoms with van der Waals surface area (Å²) in [4.78, 5) is 12.6. The van der Waals surface area contributed by atoms with E-state index in [1.54, 1.807) is 12.1 Å². The molecule has 1 aliphatic rings. The Morgan fingerprint density at radius 1 is 1.33 bits per heavy atom. The molecule has 1 aromatic rings. The Balaban J connectivity index is 0.00000220. The number of hydrogen-bond acceptors (Lipinski definition) is 2. The second-order valence-electron chi connectivity index (χ2n) is 5.85. The maximum Gasteiger partial charge on any atom is 0.230 e. The summed E-state index contributed by atoms with van der Waals surface area (Å²) < 4.78 is 13.1. The molecule has 0 bridgehead atoms. The van der Waals surface area contributed by atoms with Crippen LogP contribution in [0.25, 0.3) is 0 Å². The first-order valence-electron chi connectivity index (χ1n) is 7.33. The summed E-state index contributed by atoms with van der Waals surface area (Å²) in [6.45, 7) is 3.17. The highest BCUT2D eigenvalue weighted by molar-refractivity contribution is 5.88. The molecule has 1 aliphatic carbocycles. The molecule has 5 heteroatoms. The molecule has 0 spiro atoms. The third kappa shape index (κ3) is 3.95. The molecule has 1 atom stereocenters. The highest BCUT2D eigenvalue weighted by Crippen LogP contribution is 2.41. The van der Waals surface area contributed by atoms with Crippen LogP contribution in [-0.4, -0.2) is 19.0 Å². The van der Waals surface area contributed by atoms with E-state index >= 15 is 0 Å². The number of nitrogens with one attached hydrogen (secondary N) is 1. The zero-order valence-corrected chi connectivity index (χ0v) is 13.2. The van der Waals surface area contributed by atoms with Gasteiger partial charge in [0.1, 0.15) is 5.82 Å². The van der Waals surface area contributed by atoms with Crippen LogP contribution in [0.1, 0.15) is 38.2 Å². The first-order chi connectivity index (χ1) is 9.58. The molecule has 0 heterocycles. The van der Waals surface area contributed by atoms with Crippen molar-refractivity contribution in [3.63, 3.8) is 0 Å². The van der Waals surface area contributed by atoms with Gasteiger partial charge in [0.25, 0.3) is 0 Å². The average Bonchev–Trinajstić information content (AvgIpc) is 2.95. The number of amides is 1. The van der Waals surface area contributed by atoms with Crippen LogP contribution in [0, 0.1) is 11.7 Å². The average molecular weight is 315 g/mol. The summed E-state index contributed by atoms with van der Waals surface area (Å²) in [6, 6.07) is 6.36. The van der Waals surface area contributed by atoms with Crippen molar-refractivity contribution in [1.82, 2.24) is 5.32 Å². The van der Waals surface area contributed by atoms with Crippen LogP contribution in [0.15, 0.2) is 24.3 Å². The van der Waals surface area contributed by atoms with Crippen LogP contribution < -0.4 is 11.1 Å². The first-order valence-corrected chi connectivity index (χ1v) is 7.33. The molecule has 1 saturated carbocycles. The van der Waals surface area contributed by atoms with Crippen molar-refractivity contribution in [3.05, 3.63) is 35.6 Å². The third-order valence-electron chi connectivity index (χ3n) is 4.30. The largest absolute Gasteiger partial charge is 0.355 e. The fourth-order valence-electron chi connectivity index (χ4n) is 2.91. The van der Waals surface area contributed by atoms with Gasteiger partial charge in [0.15, 0.2) is 0 Å². The van der Waals surface area contributed by atoms with Gasteiger partial charge in [0.2, 0.25) is 5.91 Å². The smallest absolute Gasteiger partial charge is 0.230 e. The van der Waals surface area contributed by atoms with Gasteiger partial charge in [-0.25, -0.2) is 4.39 Å². The Labute approximate surface area is 131 Å². The van der Waals surface area contributed by atoms with Gasteiger partial charge < -0.3 is 11.1 Å². The van der Waals surface area contributed by atoms with E-state index in [2.05, 4.69) is 5.32 Å². The second kappa shape index (κ2) is 7.76. The maximum absolute atomic E-state index is 13.1. The van der Waals surface area contributed by atoms with Crippen molar-refractivity contribution in [2.45, 2.75) is 38.0 Å². The van der Waals surface area contributed by atoms with Crippen LogP contribution in [0.3, 0.4) is 0 Å². The van der Waals surface area contributed by atoms with Crippen molar-refractivity contribution < 1.29 is 9.18 Å². The molecule has 3 N–H and O–H groups in total. The van der Waals surface area contributed by atoms with Crippen LogP contribution >= 0.6 is 12.4 Å². The summed E-state index contributed by atoms with van der Waals surface area (Å²) in [7, 11) is 0. The number of carbonyl (C=O) groups excluding carboxylic acids is 1. The molecule has 118 valence electrons. The van der Waals surface area contributed by atoms with Gasteiger partial charge in [-0.15, -0.1) is 12.4 Å². The minimum Gasteiger partial charge on any atom is -0.355 e. The van der Waals surface area contributed by atoms with Gasteiger partial charge in [-0.05, 0) is 43.0 Å². The van der Waals surface area contributed by atoms with Gasteiger partial charge >= 0.3 is 0 Å². The quantitative estimate of drug-likeness (QED) is 0.878. The van der Waals surface area contributed by atoms with Gasteiger partial charge in [0.05, 0.1) is 5.41 Å². The van der Waals surface area contributed by atoms with E-state index in [1.165, 1.54) is 12.1 Å². The Kier molecular flexibility index (Phi) is 6.62. The number of hydrogen-bond donors (Lipinski definition) is 2. The number of rotatable bonds is 5. The molecule has 1 amide bonds. The summed E-state index contributed by atoms with van der Waals surface area (Å²) in [5.41, 5.74) is 6.02. The lowest BCUT2D eigenvalue weighted by Gasteiger charge is -2.29. The first kappa shape index (κ1) is 17.9. The normalized spacial score (nSPS) is 17.9. The summed E-state index contributed by atoms with van der Waals surface area (Å²) >= 11 is 0. The Morgan fingerprint density at radius 2 is 1.90 bits per heavy atom. The standard InChI is InChI=1S/C16H23FN2O.ClH/c1-12(10-18)11-19-15(20)16(8-2-3-9-16)13-4-6-14(17)7-5-13;/h4-7,12H,2-3,8-11,18H2,1H3,(H,19,20);1H. The number of halogens is 2. The van der Waals surface area contributed by atoms with Crippen molar-refractivity contribution in [2.75, 3.05) is 13.1 Å². The van der Waals surface area contributed by atoms with Crippen molar-refractivity contribution in [3.8, 4) is 0 Å². The van der Waals surface area contributed by atoms with Crippen molar-refractivity contribution >= 4 is 18.3 Å². The second-order valence-corrected chi connectivity index (χ2v) is 5.85. The van der Waals surface area contributed by atoms with E-state index in [4.69, 9.17) is 5.73 Å². The molecular formula is C16H24ClFN2O. The van der Waals surface area contributed by atoms with E-state index in [-0.39, 0.29) is 30.0 Å². The molecule has 0 aliphatic heterocycles. The Bertz CT molecular complexity index is 458. The van der Waals surface area contributed by atoms with Crippen LogP contribution in [0.5, 0.6) is 0 Å². The highest BCUT2D eigenvalue weighted by atomic mass is 35.5. The van der Waals surface area contributed by atoms with Gasteiger partial charge in [-0.1, -0.05) is 31.9 Å². The molecule has 2 rings (SSSR count). The van der Waals surface area contributed by atoms with Crippen LogP contribution in [0.2, 0.25) is 0 Å². The topological polar surface area (TPSA) is 55.1 Å². The Morgan fingerprint density at radius 3 is 2.43 bits per heavy atom. The molecule has 21 heavy (non-hydrogen) atoms. The minimum absolute atomic E-state index is 0. The molecular weight excluding hydrogens is 291 g/mol. The predicted molar refractivity (Wildman–Crippen MR) is 85.0 cm³/mol. The predicted octanol–water partition coefficient (Wildman–Crippen LogP) is 2.77. The number of carbonyl (C=O) groups is 1. The van der Waals surface area contributed by atoms with E-state index < -0.39 is 5.41 Å². The molecule has 0 aromatic heterocycles.